The number of ether oxygens (including phenoxy) is 1. The lowest BCUT2D eigenvalue weighted by atomic mass is 9.92. The summed E-state index contributed by atoms with van der Waals surface area (Å²) in [6.45, 7) is 2.41. The second-order valence-electron chi connectivity index (χ2n) is 7.33. The fourth-order valence-corrected chi connectivity index (χ4v) is 5.32. The van der Waals surface area contributed by atoms with Crippen LogP contribution in [0, 0.1) is 0 Å². The van der Waals surface area contributed by atoms with Gasteiger partial charge in [0.1, 0.15) is 0 Å². The van der Waals surface area contributed by atoms with E-state index in [9.17, 15) is 18.0 Å². The van der Waals surface area contributed by atoms with Crippen molar-refractivity contribution in [2.75, 3.05) is 32.1 Å². The molecule has 166 valence electrons. The fourth-order valence-electron chi connectivity index (χ4n) is 3.72. The predicted octanol–water partition coefficient (Wildman–Crippen LogP) is 2.09. The average molecular weight is 446 g/mol. The second-order valence-corrected chi connectivity index (χ2v) is 9.22. The zero-order valence-corrected chi connectivity index (χ0v) is 18.4. The molecule has 0 aliphatic carbocycles. The van der Waals surface area contributed by atoms with Gasteiger partial charge in [-0.1, -0.05) is 24.3 Å². The van der Waals surface area contributed by atoms with E-state index in [-0.39, 0.29) is 29.7 Å². The number of anilines is 1. The molecule has 0 radical (unpaired) electrons. The normalized spacial score (nSPS) is 16.4. The van der Waals surface area contributed by atoms with Crippen molar-refractivity contribution in [3.8, 4) is 0 Å². The molecule has 1 atom stereocenters. The molecule has 0 spiro atoms. The van der Waals surface area contributed by atoms with E-state index in [1.807, 2.05) is 24.3 Å². The summed E-state index contributed by atoms with van der Waals surface area (Å²) in [5, 5.41) is 5.40. The first-order valence-corrected chi connectivity index (χ1v) is 11.5. The number of carbonyl (C=O) groups excluding carboxylic acids is 2. The first-order valence-electron chi connectivity index (χ1n) is 10.1. The largest absolute Gasteiger partial charge is 0.383 e. The van der Waals surface area contributed by atoms with Crippen LogP contribution in [-0.4, -0.2) is 51.3 Å². The maximum absolute atomic E-state index is 13.5. The molecule has 1 aliphatic heterocycles. The zero-order valence-electron chi connectivity index (χ0n) is 17.6. The van der Waals surface area contributed by atoms with Crippen molar-refractivity contribution >= 4 is 27.5 Å². The van der Waals surface area contributed by atoms with Gasteiger partial charge in [-0.2, -0.15) is 4.31 Å². The summed E-state index contributed by atoms with van der Waals surface area (Å²) < 4.78 is 33.3. The van der Waals surface area contributed by atoms with Crippen molar-refractivity contribution < 1.29 is 22.7 Å². The maximum Gasteiger partial charge on any atom is 0.243 e. The molecule has 0 saturated heterocycles. The molecule has 2 amide bonds. The monoisotopic (exact) mass is 445 g/mol. The van der Waals surface area contributed by atoms with Crippen molar-refractivity contribution in [2.45, 2.75) is 30.7 Å². The minimum Gasteiger partial charge on any atom is -0.383 e. The molecule has 0 bridgehead atoms. The number of hydrogen-bond acceptors (Lipinski definition) is 5. The van der Waals surface area contributed by atoms with E-state index in [0.29, 0.717) is 25.3 Å². The first-order chi connectivity index (χ1) is 14.8. The Balaban J connectivity index is 1.89. The van der Waals surface area contributed by atoms with Crippen LogP contribution in [0.1, 0.15) is 30.5 Å². The van der Waals surface area contributed by atoms with E-state index >= 15 is 0 Å². The van der Waals surface area contributed by atoms with Crippen LogP contribution in [0.25, 0.3) is 0 Å². The van der Waals surface area contributed by atoms with Gasteiger partial charge in [-0.25, -0.2) is 8.42 Å². The summed E-state index contributed by atoms with van der Waals surface area (Å²) in [4.78, 5) is 23.9. The number of rotatable bonds is 8. The molecule has 1 unspecified atom stereocenters. The number of amides is 2. The van der Waals surface area contributed by atoms with E-state index in [0.717, 1.165) is 11.1 Å². The molecule has 3 rings (SSSR count). The van der Waals surface area contributed by atoms with Gasteiger partial charge in [0, 0.05) is 39.2 Å². The molecule has 0 aromatic heterocycles. The molecule has 1 aliphatic rings. The van der Waals surface area contributed by atoms with Crippen LogP contribution in [0.15, 0.2) is 53.4 Å². The topological polar surface area (TPSA) is 105 Å². The van der Waals surface area contributed by atoms with Crippen molar-refractivity contribution in [3.05, 3.63) is 59.7 Å². The van der Waals surface area contributed by atoms with Crippen molar-refractivity contribution in [2.24, 2.45) is 0 Å². The SMILES string of the molecule is COCCNC(=O)CC1c2ccccc2CCN1S(=O)(=O)c1ccc(NC(C)=O)cc1. The average Bonchev–Trinajstić information content (AvgIpc) is 2.74. The smallest absolute Gasteiger partial charge is 0.243 e. The summed E-state index contributed by atoms with van der Waals surface area (Å²) in [5.74, 6) is -0.470. The molecular weight excluding hydrogens is 418 g/mol. The van der Waals surface area contributed by atoms with Gasteiger partial charge in [0.25, 0.3) is 0 Å². The molecule has 31 heavy (non-hydrogen) atoms. The Morgan fingerprint density at radius 3 is 2.52 bits per heavy atom. The van der Waals surface area contributed by atoms with Crippen molar-refractivity contribution in [1.29, 1.82) is 0 Å². The minimum atomic E-state index is -3.85. The summed E-state index contributed by atoms with van der Waals surface area (Å²) >= 11 is 0. The summed E-state index contributed by atoms with van der Waals surface area (Å²) in [6, 6.07) is 13.1. The number of fused-ring (bicyclic) bond motifs is 1. The highest BCUT2D eigenvalue weighted by molar-refractivity contribution is 7.89. The molecular formula is C22H27N3O5S. The summed E-state index contributed by atoms with van der Waals surface area (Å²) in [7, 11) is -2.30. The lowest BCUT2D eigenvalue weighted by molar-refractivity contribution is -0.122. The standard InChI is InChI=1S/C22H27N3O5S/c1-16(26)24-18-7-9-19(10-8-18)31(28,29)25-13-11-17-5-3-4-6-20(17)21(25)15-22(27)23-12-14-30-2/h3-10,21H,11-15H2,1-2H3,(H,23,27)(H,24,26). The van der Waals surface area contributed by atoms with Crippen molar-refractivity contribution in [3.63, 3.8) is 0 Å². The molecule has 2 aromatic rings. The van der Waals surface area contributed by atoms with Gasteiger partial charge in [-0.15, -0.1) is 0 Å². The van der Waals surface area contributed by atoms with Crippen LogP contribution < -0.4 is 10.6 Å². The third kappa shape index (κ3) is 5.49. The molecule has 0 saturated carbocycles. The Bertz CT molecular complexity index is 1040. The van der Waals surface area contributed by atoms with Crippen LogP contribution in [-0.2, 0) is 30.8 Å². The van der Waals surface area contributed by atoms with Crippen molar-refractivity contribution in [1.82, 2.24) is 9.62 Å². The number of methoxy groups -OCH3 is 1. The summed E-state index contributed by atoms with van der Waals surface area (Å²) in [6.07, 6.45) is 0.588. The van der Waals surface area contributed by atoms with Gasteiger partial charge < -0.3 is 15.4 Å². The molecule has 8 nitrogen and oxygen atoms in total. The molecule has 9 heteroatoms. The Morgan fingerprint density at radius 1 is 1.13 bits per heavy atom. The van der Waals surface area contributed by atoms with E-state index in [4.69, 9.17) is 4.74 Å². The maximum atomic E-state index is 13.5. The second kappa shape index (κ2) is 10.0. The Hall–Kier alpha value is -2.75. The lowest BCUT2D eigenvalue weighted by Gasteiger charge is -2.36. The first kappa shape index (κ1) is 22.9. The Kier molecular flexibility index (Phi) is 7.42. The van der Waals surface area contributed by atoms with Gasteiger partial charge >= 0.3 is 0 Å². The molecule has 2 aromatic carbocycles. The highest BCUT2D eigenvalue weighted by Gasteiger charge is 2.37. The number of benzene rings is 2. The van der Waals surface area contributed by atoms with Crippen LogP contribution in [0.4, 0.5) is 5.69 Å². The number of nitrogens with zero attached hydrogens (tertiary/aromatic N) is 1. The third-order valence-corrected chi connectivity index (χ3v) is 7.07. The number of sulfonamides is 1. The fraction of sp³-hybridized carbons (Fsp3) is 0.364. The van der Waals surface area contributed by atoms with E-state index in [1.54, 1.807) is 19.2 Å². The zero-order chi connectivity index (χ0) is 22.4. The van der Waals surface area contributed by atoms with Gasteiger partial charge in [-0.3, -0.25) is 9.59 Å². The predicted molar refractivity (Wildman–Crippen MR) is 117 cm³/mol. The van der Waals surface area contributed by atoms with E-state index < -0.39 is 16.1 Å². The number of carbonyl (C=O) groups is 2. The van der Waals surface area contributed by atoms with E-state index in [2.05, 4.69) is 10.6 Å². The minimum absolute atomic E-state index is 0.0178. The lowest BCUT2D eigenvalue weighted by Crippen LogP contribution is -2.42. The quantitative estimate of drug-likeness (QED) is 0.606. The molecule has 1 heterocycles. The van der Waals surface area contributed by atoms with Crippen LogP contribution >= 0.6 is 0 Å². The van der Waals surface area contributed by atoms with Crippen LogP contribution in [0.2, 0.25) is 0 Å². The molecule has 0 fully saturated rings. The van der Waals surface area contributed by atoms with E-state index in [1.165, 1.54) is 23.4 Å². The number of nitrogens with one attached hydrogen (secondary N) is 2. The Morgan fingerprint density at radius 2 is 1.84 bits per heavy atom. The summed E-state index contributed by atoms with van der Waals surface area (Å²) in [5.41, 5.74) is 2.41. The van der Waals surface area contributed by atoms with Gasteiger partial charge in [-0.05, 0) is 41.8 Å². The number of hydrogen-bond donors (Lipinski definition) is 2. The highest BCUT2D eigenvalue weighted by Crippen LogP contribution is 2.36. The highest BCUT2D eigenvalue weighted by atomic mass is 32.2. The van der Waals surface area contributed by atoms with Gasteiger partial charge in [0.2, 0.25) is 21.8 Å². The van der Waals surface area contributed by atoms with Crippen LogP contribution in [0.3, 0.4) is 0 Å². The van der Waals surface area contributed by atoms with Gasteiger partial charge in [0.15, 0.2) is 0 Å². The van der Waals surface area contributed by atoms with Gasteiger partial charge in [0.05, 0.1) is 17.5 Å². The molecule has 2 N–H and O–H groups in total. The van der Waals surface area contributed by atoms with Crippen LogP contribution in [0.5, 0.6) is 0 Å². The third-order valence-electron chi connectivity index (χ3n) is 5.15. The Labute approximate surface area is 182 Å².